The maximum absolute atomic E-state index is 12.2. The van der Waals surface area contributed by atoms with Crippen molar-refractivity contribution in [1.29, 1.82) is 0 Å². The van der Waals surface area contributed by atoms with Crippen LogP contribution in [0.3, 0.4) is 0 Å². The highest BCUT2D eigenvalue weighted by Gasteiger charge is 2.13. The lowest BCUT2D eigenvalue weighted by Crippen LogP contribution is -2.20. The molecule has 0 aliphatic rings. The maximum atomic E-state index is 12.2. The molecule has 23 heavy (non-hydrogen) atoms. The zero-order valence-electron chi connectivity index (χ0n) is 14.6. The Bertz CT molecular complexity index is 667. The Morgan fingerprint density at radius 2 is 1.52 bits per heavy atom. The molecule has 0 aliphatic carbocycles. The van der Waals surface area contributed by atoms with Crippen molar-refractivity contribution in [3.63, 3.8) is 0 Å². The molecule has 2 amide bonds. The van der Waals surface area contributed by atoms with E-state index in [0.29, 0.717) is 5.92 Å². The third-order valence-electron chi connectivity index (χ3n) is 3.84. The van der Waals surface area contributed by atoms with Crippen molar-refractivity contribution in [2.45, 2.75) is 46.0 Å². The predicted octanol–water partition coefficient (Wildman–Crippen LogP) is 5.75. The number of carbonyl (C=O) groups excluding carboxylic acids is 1. The number of nitrogens with one attached hydrogen (secondary N) is 2. The van der Waals surface area contributed by atoms with E-state index in [4.69, 9.17) is 0 Å². The van der Waals surface area contributed by atoms with Crippen LogP contribution in [-0.4, -0.2) is 6.03 Å². The Balaban J connectivity index is 2.06. The third-order valence-corrected chi connectivity index (χ3v) is 3.84. The summed E-state index contributed by atoms with van der Waals surface area (Å²) in [6.45, 7) is 10.7. The van der Waals surface area contributed by atoms with Gasteiger partial charge < -0.3 is 10.6 Å². The number of hydrogen-bond donors (Lipinski definition) is 2. The van der Waals surface area contributed by atoms with Gasteiger partial charge in [0.25, 0.3) is 0 Å². The summed E-state index contributed by atoms with van der Waals surface area (Å²) in [5, 5.41) is 5.82. The van der Waals surface area contributed by atoms with Crippen LogP contribution >= 0.6 is 0 Å². The third kappa shape index (κ3) is 4.59. The molecule has 2 aromatic carbocycles. The number of urea groups is 1. The van der Waals surface area contributed by atoms with Crippen molar-refractivity contribution in [3.05, 3.63) is 59.7 Å². The molecule has 3 heteroatoms. The second kappa shape index (κ2) is 6.86. The molecule has 0 radical (unpaired) electrons. The van der Waals surface area contributed by atoms with Gasteiger partial charge in [0.05, 0.1) is 0 Å². The molecule has 2 N–H and O–H groups in total. The van der Waals surface area contributed by atoms with Crippen LogP contribution in [-0.2, 0) is 5.41 Å². The summed E-state index contributed by atoms with van der Waals surface area (Å²) in [5.41, 5.74) is 4.12. The van der Waals surface area contributed by atoms with Crippen molar-refractivity contribution in [2.75, 3.05) is 10.6 Å². The number of benzene rings is 2. The second-order valence-electron chi connectivity index (χ2n) is 7.15. The molecule has 0 aliphatic heterocycles. The van der Waals surface area contributed by atoms with Gasteiger partial charge in [0.2, 0.25) is 0 Å². The molecule has 0 aromatic heterocycles. The fourth-order valence-electron chi connectivity index (χ4n) is 2.45. The summed E-state index contributed by atoms with van der Waals surface area (Å²) in [5.74, 6) is 0.359. The van der Waals surface area contributed by atoms with Crippen LogP contribution < -0.4 is 10.6 Å². The fraction of sp³-hybridized carbons (Fsp3) is 0.350. The van der Waals surface area contributed by atoms with Crippen LogP contribution in [0.5, 0.6) is 0 Å². The Labute approximate surface area is 139 Å². The first kappa shape index (κ1) is 17.1. The van der Waals surface area contributed by atoms with Crippen molar-refractivity contribution in [1.82, 2.24) is 0 Å². The minimum atomic E-state index is -0.221. The first-order valence-electron chi connectivity index (χ1n) is 8.05. The van der Waals surface area contributed by atoms with E-state index in [-0.39, 0.29) is 11.4 Å². The van der Waals surface area contributed by atoms with E-state index in [1.54, 1.807) is 0 Å². The molecule has 0 saturated heterocycles. The average molecular weight is 310 g/mol. The largest absolute Gasteiger partial charge is 0.323 e. The molecule has 0 unspecified atom stereocenters. The van der Waals surface area contributed by atoms with Crippen LogP contribution in [0, 0.1) is 0 Å². The van der Waals surface area contributed by atoms with Gasteiger partial charge in [0, 0.05) is 11.4 Å². The summed E-state index contributed by atoms with van der Waals surface area (Å²) in [6, 6.07) is 15.7. The van der Waals surface area contributed by atoms with Gasteiger partial charge >= 0.3 is 6.03 Å². The first-order chi connectivity index (χ1) is 10.8. The summed E-state index contributed by atoms with van der Waals surface area (Å²) < 4.78 is 0. The molecular weight excluding hydrogens is 284 g/mol. The lowest BCUT2D eigenvalue weighted by atomic mass is 9.87. The number of rotatable bonds is 3. The Hall–Kier alpha value is -2.29. The molecular formula is C20H26N2O. The van der Waals surface area contributed by atoms with Crippen LogP contribution in [0.2, 0.25) is 0 Å². The highest BCUT2D eigenvalue weighted by Crippen LogP contribution is 2.25. The Kier molecular flexibility index (Phi) is 5.09. The monoisotopic (exact) mass is 310 g/mol. The van der Waals surface area contributed by atoms with Gasteiger partial charge in [-0.2, -0.15) is 0 Å². The zero-order valence-corrected chi connectivity index (χ0v) is 14.6. The highest BCUT2D eigenvalue weighted by atomic mass is 16.2. The first-order valence-corrected chi connectivity index (χ1v) is 8.05. The zero-order chi connectivity index (χ0) is 17.0. The van der Waals surface area contributed by atoms with Crippen LogP contribution in [0.15, 0.2) is 48.5 Å². The van der Waals surface area contributed by atoms with E-state index in [1.807, 2.05) is 36.4 Å². The lowest BCUT2D eigenvalue weighted by molar-refractivity contribution is 0.262. The topological polar surface area (TPSA) is 41.1 Å². The number of anilines is 2. The van der Waals surface area contributed by atoms with Gasteiger partial charge in [-0.1, -0.05) is 65.0 Å². The molecule has 0 bridgehead atoms. The van der Waals surface area contributed by atoms with Crippen molar-refractivity contribution in [3.8, 4) is 0 Å². The molecule has 0 heterocycles. The number of amides is 2. The molecule has 2 aromatic rings. The second-order valence-corrected chi connectivity index (χ2v) is 7.15. The fourth-order valence-corrected chi connectivity index (χ4v) is 2.45. The minimum Gasteiger partial charge on any atom is -0.308 e. The molecule has 3 nitrogen and oxygen atoms in total. The summed E-state index contributed by atoms with van der Waals surface area (Å²) in [4.78, 5) is 12.2. The van der Waals surface area contributed by atoms with Gasteiger partial charge in [-0.15, -0.1) is 0 Å². The molecule has 0 fully saturated rings. The normalized spacial score (nSPS) is 11.4. The molecule has 122 valence electrons. The average Bonchev–Trinajstić information content (AvgIpc) is 2.47. The van der Waals surface area contributed by atoms with Crippen molar-refractivity contribution >= 4 is 17.4 Å². The number of para-hydroxylation sites is 1. The maximum Gasteiger partial charge on any atom is 0.323 e. The quantitative estimate of drug-likeness (QED) is 0.744. The number of hydrogen-bond acceptors (Lipinski definition) is 1. The lowest BCUT2D eigenvalue weighted by Gasteiger charge is -2.19. The van der Waals surface area contributed by atoms with E-state index >= 15 is 0 Å². The summed E-state index contributed by atoms with van der Waals surface area (Å²) in [7, 11) is 0. The Morgan fingerprint density at radius 3 is 2.09 bits per heavy atom. The minimum absolute atomic E-state index is 0.108. The van der Waals surface area contributed by atoms with Crippen LogP contribution in [0.25, 0.3) is 0 Å². The molecule has 0 spiro atoms. The predicted molar refractivity (Wildman–Crippen MR) is 98.3 cm³/mol. The highest BCUT2D eigenvalue weighted by molar-refractivity contribution is 6.00. The Morgan fingerprint density at radius 1 is 0.913 bits per heavy atom. The van der Waals surface area contributed by atoms with E-state index < -0.39 is 0 Å². The van der Waals surface area contributed by atoms with Crippen molar-refractivity contribution < 1.29 is 4.79 Å². The van der Waals surface area contributed by atoms with E-state index in [0.717, 1.165) is 16.9 Å². The smallest absolute Gasteiger partial charge is 0.308 e. The van der Waals surface area contributed by atoms with E-state index in [1.165, 1.54) is 5.56 Å². The summed E-state index contributed by atoms with van der Waals surface area (Å²) >= 11 is 0. The van der Waals surface area contributed by atoms with Crippen LogP contribution in [0.1, 0.15) is 51.7 Å². The van der Waals surface area contributed by atoms with Gasteiger partial charge in [0.15, 0.2) is 0 Å². The standard InChI is InChI=1S/C20H26N2O/c1-14(2)17-8-6-7-9-18(17)22-19(23)21-16-12-10-15(11-13-16)20(3,4)5/h6-14H,1-5H3,(H2,21,22,23). The van der Waals surface area contributed by atoms with Crippen LogP contribution in [0.4, 0.5) is 16.2 Å². The SMILES string of the molecule is CC(C)c1ccccc1NC(=O)Nc1ccc(C(C)(C)C)cc1. The molecule has 2 rings (SSSR count). The van der Waals surface area contributed by atoms with E-state index in [9.17, 15) is 4.79 Å². The number of carbonyl (C=O) groups is 1. The van der Waals surface area contributed by atoms with Gasteiger partial charge in [-0.25, -0.2) is 4.79 Å². The summed E-state index contributed by atoms with van der Waals surface area (Å²) in [6.07, 6.45) is 0. The van der Waals surface area contributed by atoms with Crippen molar-refractivity contribution in [2.24, 2.45) is 0 Å². The van der Waals surface area contributed by atoms with Gasteiger partial charge in [-0.05, 0) is 40.7 Å². The van der Waals surface area contributed by atoms with E-state index in [2.05, 4.69) is 57.4 Å². The molecule has 0 saturated carbocycles. The van der Waals surface area contributed by atoms with Gasteiger partial charge in [-0.3, -0.25) is 0 Å². The van der Waals surface area contributed by atoms with Gasteiger partial charge in [0.1, 0.15) is 0 Å². The molecule has 0 atom stereocenters.